The van der Waals surface area contributed by atoms with Gasteiger partial charge in [-0.2, -0.15) is 5.10 Å². The minimum atomic E-state index is -3.60. The molecule has 0 atom stereocenters. The van der Waals surface area contributed by atoms with E-state index in [0.717, 1.165) is 16.2 Å². The molecule has 2 aromatic rings. The molecule has 1 aromatic heterocycles. The molecule has 7 nitrogen and oxygen atoms in total. The normalized spacial score (nSPS) is 11.5. The molecule has 2 rings (SSSR count). The summed E-state index contributed by atoms with van der Waals surface area (Å²) in [5.74, 6) is -0.264. The molecule has 1 aromatic carbocycles. The maximum absolute atomic E-state index is 12.3. The fourth-order valence-electron chi connectivity index (χ4n) is 2.13. The van der Waals surface area contributed by atoms with Crippen molar-refractivity contribution in [3.63, 3.8) is 0 Å². The molecule has 0 bridgehead atoms. The van der Waals surface area contributed by atoms with E-state index in [1.165, 1.54) is 4.90 Å². The van der Waals surface area contributed by atoms with Crippen molar-refractivity contribution < 1.29 is 13.2 Å². The molecule has 24 heavy (non-hydrogen) atoms. The Bertz CT molecular complexity index is 800. The molecule has 0 aliphatic rings. The molecule has 130 valence electrons. The summed E-state index contributed by atoms with van der Waals surface area (Å²) in [6.07, 6.45) is 4.50. The average Bonchev–Trinajstić information content (AvgIpc) is 3.05. The van der Waals surface area contributed by atoms with Crippen molar-refractivity contribution in [1.29, 1.82) is 0 Å². The molecule has 1 amide bonds. The second kappa shape index (κ2) is 7.04. The Morgan fingerprint density at radius 3 is 2.54 bits per heavy atom. The monoisotopic (exact) mass is 350 g/mol. The van der Waals surface area contributed by atoms with E-state index >= 15 is 0 Å². The highest BCUT2D eigenvalue weighted by Crippen LogP contribution is 2.21. The van der Waals surface area contributed by atoms with Crippen LogP contribution in [0.3, 0.4) is 0 Å². The number of benzene rings is 1. The van der Waals surface area contributed by atoms with E-state index in [0.29, 0.717) is 5.69 Å². The third-order valence-corrected chi connectivity index (χ3v) is 4.87. The van der Waals surface area contributed by atoms with Crippen molar-refractivity contribution in [2.45, 2.75) is 19.9 Å². The van der Waals surface area contributed by atoms with Gasteiger partial charge in [0.2, 0.25) is 15.9 Å². The quantitative estimate of drug-likeness (QED) is 0.791. The number of sulfonamides is 1. The van der Waals surface area contributed by atoms with Crippen LogP contribution < -0.4 is 4.31 Å². The fraction of sp³-hybridized carbons (Fsp3) is 0.375. The van der Waals surface area contributed by atoms with Crippen molar-refractivity contribution in [2.75, 3.05) is 24.2 Å². The van der Waals surface area contributed by atoms with Gasteiger partial charge >= 0.3 is 0 Å². The number of likely N-dealkylation sites (N-methyl/N-ethyl adjacent to an activating group) is 1. The van der Waals surface area contributed by atoms with Crippen molar-refractivity contribution in [1.82, 2.24) is 14.7 Å². The number of nitrogens with zero attached hydrogens (tertiary/aromatic N) is 4. The standard InChI is InChI=1S/C16H22N4O3S/c1-13(2)18(3)16(21)12-20(24(4,22)23)15-8-5-7-14(11-15)19-10-6-9-17-19/h5-11,13H,12H2,1-4H3. The molecule has 0 N–H and O–H groups in total. The largest absolute Gasteiger partial charge is 0.342 e. The molecular weight excluding hydrogens is 328 g/mol. The van der Waals surface area contributed by atoms with Gasteiger partial charge in [0.15, 0.2) is 0 Å². The predicted molar refractivity (Wildman–Crippen MR) is 93.7 cm³/mol. The van der Waals surface area contributed by atoms with Crippen molar-refractivity contribution in [3.8, 4) is 5.69 Å². The minimum Gasteiger partial charge on any atom is -0.342 e. The van der Waals surface area contributed by atoms with Gasteiger partial charge in [-0.3, -0.25) is 9.10 Å². The van der Waals surface area contributed by atoms with Gasteiger partial charge in [0, 0.05) is 25.5 Å². The van der Waals surface area contributed by atoms with Crippen molar-refractivity contribution >= 4 is 21.6 Å². The number of aromatic nitrogens is 2. The van der Waals surface area contributed by atoms with Gasteiger partial charge < -0.3 is 4.90 Å². The molecule has 0 radical (unpaired) electrons. The van der Waals surface area contributed by atoms with Crippen LogP contribution in [0.4, 0.5) is 5.69 Å². The number of rotatable bonds is 6. The molecule has 8 heteroatoms. The molecule has 0 saturated carbocycles. The van der Waals surface area contributed by atoms with E-state index in [1.54, 1.807) is 48.4 Å². The Balaban J connectivity index is 2.36. The highest BCUT2D eigenvalue weighted by molar-refractivity contribution is 7.92. The predicted octanol–water partition coefficient (Wildman–Crippen LogP) is 1.51. The fourth-order valence-corrected chi connectivity index (χ4v) is 2.98. The number of carbonyl (C=O) groups excluding carboxylic acids is 1. The number of hydrogen-bond donors (Lipinski definition) is 0. The zero-order valence-corrected chi connectivity index (χ0v) is 15.1. The van der Waals surface area contributed by atoms with E-state index in [2.05, 4.69) is 5.10 Å². The second-order valence-corrected chi connectivity index (χ2v) is 7.75. The van der Waals surface area contributed by atoms with E-state index in [-0.39, 0.29) is 18.5 Å². The van der Waals surface area contributed by atoms with Gasteiger partial charge in [0.05, 0.1) is 17.6 Å². The maximum atomic E-state index is 12.3. The number of anilines is 1. The van der Waals surface area contributed by atoms with Gasteiger partial charge in [0.25, 0.3) is 0 Å². The van der Waals surface area contributed by atoms with Crippen LogP contribution in [-0.2, 0) is 14.8 Å². The van der Waals surface area contributed by atoms with Crippen LogP contribution in [0.2, 0.25) is 0 Å². The van der Waals surface area contributed by atoms with Gasteiger partial charge in [0.1, 0.15) is 6.54 Å². The second-order valence-electron chi connectivity index (χ2n) is 5.84. The van der Waals surface area contributed by atoms with Crippen LogP contribution in [0.1, 0.15) is 13.8 Å². The van der Waals surface area contributed by atoms with Crippen LogP contribution in [0.5, 0.6) is 0 Å². The molecule has 0 fully saturated rings. The van der Waals surface area contributed by atoms with Crippen molar-refractivity contribution in [2.24, 2.45) is 0 Å². The molecule has 0 spiro atoms. The summed E-state index contributed by atoms with van der Waals surface area (Å²) in [5.41, 5.74) is 1.15. The first-order chi connectivity index (χ1) is 11.2. The van der Waals surface area contributed by atoms with Crippen LogP contribution in [0, 0.1) is 0 Å². The van der Waals surface area contributed by atoms with E-state index in [1.807, 2.05) is 19.9 Å². The van der Waals surface area contributed by atoms with Gasteiger partial charge in [-0.05, 0) is 38.1 Å². The molecule has 1 heterocycles. The SMILES string of the molecule is CC(C)N(C)C(=O)CN(c1cccc(-n2cccn2)c1)S(C)(=O)=O. The summed E-state index contributed by atoms with van der Waals surface area (Å²) in [6.45, 7) is 3.51. The lowest BCUT2D eigenvalue weighted by atomic mass is 10.2. The van der Waals surface area contributed by atoms with Crippen LogP contribution in [0.15, 0.2) is 42.7 Å². The zero-order valence-electron chi connectivity index (χ0n) is 14.2. The topological polar surface area (TPSA) is 75.5 Å². The van der Waals surface area contributed by atoms with E-state index in [9.17, 15) is 13.2 Å². The van der Waals surface area contributed by atoms with Gasteiger partial charge in [-0.1, -0.05) is 6.07 Å². The third kappa shape index (κ3) is 4.14. The van der Waals surface area contributed by atoms with E-state index in [4.69, 9.17) is 0 Å². The maximum Gasteiger partial charge on any atom is 0.243 e. The first kappa shape index (κ1) is 18.0. The highest BCUT2D eigenvalue weighted by atomic mass is 32.2. The first-order valence-corrected chi connectivity index (χ1v) is 9.38. The summed E-state index contributed by atoms with van der Waals surface area (Å²) in [7, 11) is -1.94. The Morgan fingerprint density at radius 2 is 2.00 bits per heavy atom. The third-order valence-electron chi connectivity index (χ3n) is 3.73. The number of amides is 1. The van der Waals surface area contributed by atoms with Crippen LogP contribution >= 0.6 is 0 Å². The molecular formula is C16H22N4O3S. The summed E-state index contributed by atoms with van der Waals surface area (Å²) >= 11 is 0. The van der Waals surface area contributed by atoms with Crippen LogP contribution in [-0.4, -0.2) is 54.9 Å². The van der Waals surface area contributed by atoms with Crippen molar-refractivity contribution in [3.05, 3.63) is 42.7 Å². The highest BCUT2D eigenvalue weighted by Gasteiger charge is 2.23. The first-order valence-electron chi connectivity index (χ1n) is 7.53. The molecule has 0 unspecified atom stereocenters. The lowest BCUT2D eigenvalue weighted by Gasteiger charge is -2.27. The minimum absolute atomic E-state index is 0.00526. The summed E-state index contributed by atoms with van der Waals surface area (Å²) < 4.78 is 27.1. The Morgan fingerprint density at radius 1 is 1.29 bits per heavy atom. The smallest absolute Gasteiger partial charge is 0.243 e. The van der Waals surface area contributed by atoms with Crippen LogP contribution in [0.25, 0.3) is 5.69 Å². The zero-order chi connectivity index (χ0) is 17.9. The lowest BCUT2D eigenvalue weighted by Crippen LogP contribution is -2.43. The lowest BCUT2D eigenvalue weighted by molar-refractivity contribution is -0.129. The molecule has 0 aliphatic carbocycles. The molecule has 0 saturated heterocycles. The number of hydrogen-bond acceptors (Lipinski definition) is 4. The Kier molecular flexibility index (Phi) is 5.28. The summed E-state index contributed by atoms with van der Waals surface area (Å²) in [4.78, 5) is 13.9. The van der Waals surface area contributed by atoms with Gasteiger partial charge in [-0.15, -0.1) is 0 Å². The summed E-state index contributed by atoms with van der Waals surface area (Å²) in [6, 6.07) is 8.68. The van der Waals surface area contributed by atoms with E-state index < -0.39 is 10.0 Å². The average molecular weight is 350 g/mol. The van der Waals surface area contributed by atoms with Gasteiger partial charge in [-0.25, -0.2) is 13.1 Å². The Labute approximate surface area is 142 Å². The summed E-state index contributed by atoms with van der Waals surface area (Å²) in [5, 5.41) is 4.14. The molecule has 0 aliphatic heterocycles. The Hall–Kier alpha value is -2.35. The number of carbonyl (C=O) groups is 1.